The Balaban J connectivity index is 1.30. The van der Waals surface area contributed by atoms with Crippen LogP contribution in [0.1, 0.15) is 39.1 Å². The monoisotopic (exact) mass is 379 g/mol. The van der Waals surface area contributed by atoms with Crippen LogP contribution in [0, 0.1) is 12.8 Å². The summed E-state index contributed by atoms with van der Waals surface area (Å²) in [6.45, 7) is 4.55. The maximum absolute atomic E-state index is 12.7. The van der Waals surface area contributed by atoms with Gasteiger partial charge in [0, 0.05) is 31.1 Å². The Bertz CT molecular complexity index is 862. The Morgan fingerprint density at radius 2 is 2.07 bits per heavy atom. The molecule has 6 nitrogen and oxygen atoms in total. The van der Waals surface area contributed by atoms with Crippen LogP contribution in [-0.4, -0.2) is 53.5 Å². The molecule has 3 heterocycles. The number of aryl methyl sites for hydroxylation is 1. The van der Waals surface area contributed by atoms with E-state index in [0.29, 0.717) is 37.7 Å². The molecule has 4 rings (SSSR count). The summed E-state index contributed by atoms with van der Waals surface area (Å²) in [6, 6.07) is 11.2. The third-order valence-electron chi connectivity index (χ3n) is 5.77. The molecule has 2 aliphatic heterocycles. The number of likely N-dealkylation sites (tertiary alicyclic amines) is 1. The highest BCUT2D eigenvalue weighted by atomic mass is 16.5. The van der Waals surface area contributed by atoms with Gasteiger partial charge in [-0.25, -0.2) is 0 Å². The molecule has 2 aromatic rings. The SMILES string of the molecule is Cc1cccc(C(=O)N2CC3(C2)OCC[C@H]3CCNC(=O)c2cccnc2)c1. The predicted molar refractivity (Wildman–Crippen MR) is 105 cm³/mol. The van der Waals surface area contributed by atoms with Gasteiger partial charge in [-0.05, 0) is 49.9 Å². The van der Waals surface area contributed by atoms with Gasteiger partial charge in [0.25, 0.3) is 11.8 Å². The van der Waals surface area contributed by atoms with Crippen LogP contribution < -0.4 is 5.32 Å². The second-order valence-electron chi connectivity index (χ2n) is 7.72. The number of nitrogens with zero attached hydrogens (tertiary/aromatic N) is 2. The topological polar surface area (TPSA) is 71.5 Å². The number of carbonyl (C=O) groups is 2. The molecule has 0 bridgehead atoms. The first-order valence-corrected chi connectivity index (χ1v) is 9.75. The zero-order valence-electron chi connectivity index (χ0n) is 16.1. The second kappa shape index (κ2) is 7.72. The number of nitrogens with one attached hydrogen (secondary N) is 1. The Morgan fingerprint density at radius 3 is 2.82 bits per heavy atom. The van der Waals surface area contributed by atoms with Crippen LogP contribution in [0.25, 0.3) is 0 Å². The highest BCUT2D eigenvalue weighted by molar-refractivity contribution is 5.95. The van der Waals surface area contributed by atoms with E-state index in [0.717, 1.165) is 24.0 Å². The van der Waals surface area contributed by atoms with E-state index < -0.39 is 0 Å². The molecular formula is C22H25N3O3. The quantitative estimate of drug-likeness (QED) is 0.866. The fraction of sp³-hybridized carbons (Fsp3) is 0.409. The van der Waals surface area contributed by atoms with Crippen molar-refractivity contribution in [3.05, 3.63) is 65.5 Å². The van der Waals surface area contributed by atoms with Gasteiger partial charge in [-0.1, -0.05) is 17.7 Å². The first-order chi connectivity index (χ1) is 13.6. The number of ether oxygens (including phenoxy) is 1. The van der Waals surface area contributed by atoms with Crippen LogP contribution in [0.3, 0.4) is 0 Å². The molecule has 28 heavy (non-hydrogen) atoms. The molecule has 1 N–H and O–H groups in total. The molecule has 2 amide bonds. The van der Waals surface area contributed by atoms with Crippen LogP contribution in [0.4, 0.5) is 0 Å². The molecule has 0 saturated carbocycles. The fourth-order valence-corrected chi connectivity index (χ4v) is 4.21. The molecule has 2 saturated heterocycles. The summed E-state index contributed by atoms with van der Waals surface area (Å²) in [4.78, 5) is 30.7. The molecule has 0 radical (unpaired) electrons. The maximum Gasteiger partial charge on any atom is 0.254 e. The Hall–Kier alpha value is -2.73. The first kappa shape index (κ1) is 18.6. The van der Waals surface area contributed by atoms with Gasteiger partial charge in [-0.3, -0.25) is 14.6 Å². The Kier molecular flexibility index (Phi) is 5.13. The summed E-state index contributed by atoms with van der Waals surface area (Å²) in [5.74, 6) is 0.308. The molecule has 1 spiro atoms. The van der Waals surface area contributed by atoms with Gasteiger partial charge < -0.3 is 15.0 Å². The lowest BCUT2D eigenvalue weighted by Gasteiger charge is -2.50. The van der Waals surface area contributed by atoms with Crippen molar-refractivity contribution in [3.63, 3.8) is 0 Å². The first-order valence-electron chi connectivity index (χ1n) is 9.75. The number of hydrogen-bond donors (Lipinski definition) is 1. The highest BCUT2D eigenvalue weighted by Gasteiger charge is 2.54. The van der Waals surface area contributed by atoms with Crippen LogP contribution in [-0.2, 0) is 4.74 Å². The summed E-state index contributed by atoms with van der Waals surface area (Å²) in [5.41, 5.74) is 2.13. The minimum absolute atomic E-state index is 0.0634. The van der Waals surface area contributed by atoms with Crippen molar-refractivity contribution >= 4 is 11.8 Å². The number of hydrogen-bond acceptors (Lipinski definition) is 4. The summed E-state index contributed by atoms with van der Waals surface area (Å²) >= 11 is 0. The van der Waals surface area contributed by atoms with Crippen LogP contribution in [0.5, 0.6) is 0 Å². The van der Waals surface area contributed by atoms with Crippen molar-refractivity contribution in [1.82, 2.24) is 15.2 Å². The van der Waals surface area contributed by atoms with Crippen molar-refractivity contribution in [3.8, 4) is 0 Å². The van der Waals surface area contributed by atoms with Crippen molar-refractivity contribution in [2.45, 2.75) is 25.4 Å². The van der Waals surface area contributed by atoms with E-state index in [1.165, 1.54) is 0 Å². The van der Waals surface area contributed by atoms with E-state index in [4.69, 9.17) is 4.74 Å². The molecule has 2 fully saturated rings. The molecular weight excluding hydrogens is 354 g/mol. The number of pyridine rings is 1. The van der Waals surface area contributed by atoms with Gasteiger partial charge in [0.1, 0.15) is 5.60 Å². The molecule has 0 unspecified atom stereocenters. The lowest BCUT2D eigenvalue weighted by atomic mass is 9.78. The largest absolute Gasteiger partial charge is 0.371 e. The van der Waals surface area contributed by atoms with E-state index in [1.54, 1.807) is 24.5 Å². The maximum atomic E-state index is 12.7. The van der Waals surface area contributed by atoms with E-state index in [9.17, 15) is 9.59 Å². The van der Waals surface area contributed by atoms with E-state index >= 15 is 0 Å². The third-order valence-corrected chi connectivity index (χ3v) is 5.77. The predicted octanol–water partition coefficient (Wildman–Crippen LogP) is 2.44. The normalized spacial score (nSPS) is 20.0. The second-order valence-corrected chi connectivity index (χ2v) is 7.72. The van der Waals surface area contributed by atoms with Crippen LogP contribution >= 0.6 is 0 Å². The lowest BCUT2D eigenvalue weighted by Crippen LogP contribution is -2.66. The number of carbonyl (C=O) groups excluding carboxylic acids is 2. The van der Waals surface area contributed by atoms with Gasteiger partial charge >= 0.3 is 0 Å². The van der Waals surface area contributed by atoms with E-state index in [1.807, 2.05) is 36.1 Å². The highest BCUT2D eigenvalue weighted by Crippen LogP contribution is 2.42. The van der Waals surface area contributed by atoms with Gasteiger partial charge in [-0.15, -0.1) is 0 Å². The number of benzene rings is 1. The fourth-order valence-electron chi connectivity index (χ4n) is 4.21. The van der Waals surface area contributed by atoms with E-state index in [2.05, 4.69) is 10.3 Å². The van der Waals surface area contributed by atoms with Crippen molar-refractivity contribution in [2.24, 2.45) is 5.92 Å². The van der Waals surface area contributed by atoms with Crippen LogP contribution in [0.15, 0.2) is 48.8 Å². The molecule has 1 aromatic heterocycles. The van der Waals surface area contributed by atoms with Crippen molar-refractivity contribution in [2.75, 3.05) is 26.2 Å². The Labute approximate surface area is 164 Å². The average molecular weight is 379 g/mol. The van der Waals surface area contributed by atoms with E-state index in [-0.39, 0.29) is 17.4 Å². The number of rotatable bonds is 5. The zero-order valence-corrected chi connectivity index (χ0v) is 16.1. The molecule has 146 valence electrons. The van der Waals surface area contributed by atoms with Crippen molar-refractivity contribution in [1.29, 1.82) is 0 Å². The minimum Gasteiger partial charge on any atom is -0.371 e. The minimum atomic E-state index is -0.251. The van der Waals surface area contributed by atoms with Gasteiger partial charge in [0.15, 0.2) is 0 Å². The molecule has 1 atom stereocenters. The van der Waals surface area contributed by atoms with Crippen LogP contribution in [0.2, 0.25) is 0 Å². The smallest absolute Gasteiger partial charge is 0.254 e. The van der Waals surface area contributed by atoms with Gasteiger partial charge in [0.2, 0.25) is 0 Å². The van der Waals surface area contributed by atoms with Crippen molar-refractivity contribution < 1.29 is 14.3 Å². The molecule has 6 heteroatoms. The van der Waals surface area contributed by atoms with Gasteiger partial charge in [-0.2, -0.15) is 0 Å². The Morgan fingerprint density at radius 1 is 1.25 bits per heavy atom. The standard InChI is InChI=1S/C22H25N3O3/c1-16-4-2-5-17(12-16)21(27)25-14-22(15-25)19(8-11-28-22)7-10-24-20(26)18-6-3-9-23-13-18/h2-6,9,12-13,19H,7-8,10-11,14-15H2,1H3,(H,24,26)/t19-/m1/s1. The average Bonchev–Trinajstić information content (AvgIpc) is 3.11. The molecule has 1 aromatic carbocycles. The number of amides is 2. The van der Waals surface area contributed by atoms with Gasteiger partial charge in [0.05, 0.1) is 18.7 Å². The summed E-state index contributed by atoms with van der Waals surface area (Å²) in [7, 11) is 0. The third kappa shape index (κ3) is 3.64. The number of aromatic nitrogens is 1. The molecule has 0 aliphatic carbocycles. The summed E-state index contributed by atoms with van der Waals surface area (Å²) in [5, 5.41) is 2.96. The summed E-state index contributed by atoms with van der Waals surface area (Å²) < 4.78 is 6.05. The summed E-state index contributed by atoms with van der Waals surface area (Å²) in [6.07, 6.45) is 5.03. The molecule has 2 aliphatic rings. The zero-order chi connectivity index (χ0) is 19.6. The lowest BCUT2D eigenvalue weighted by molar-refractivity contribution is -0.117.